The van der Waals surface area contributed by atoms with Crippen molar-refractivity contribution in [2.75, 3.05) is 5.32 Å². The summed E-state index contributed by atoms with van der Waals surface area (Å²) < 4.78 is 5.19. The molecular weight excluding hydrogens is 332 g/mol. The number of hydrogen-bond acceptors (Lipinski definition) is 4. The normalized spacial score (nSPS) is 15.6. The standard InChI is InChI=1S/C20H16N2O4/c1-11-8-19(24)26-17-9-12(6-7-13(11)17)21-18(23)10-16-14-4-2-3-5-15(14)20(25)22-16/h2-9,16H,10H2,1H3,(H,21,23)(H,22,25). The fourth-order valence-corrected chi connectivity index (χ4v) is 3.28. The van der Waals surface area contributed by atoms with E-state index in [4.69, 9.17) is 4.42 Å². The summed E-state index contributed by atoms with van der Waals surface area (Å²) >= 11 is 0. The Bertz CT molecular complexity index is 1100. The van der Waals surface area contributed by atoms with Crippen LogP contribution in [0.3, 0.4) is 0 Å². The van der Waals surface area contributed by atoms with Crippen LogP contribution >= 0.6 is 0 Å². The van der Waals surface area contributed by atoms with Gasteiger partial charge in [0.05, 0.1) is 12.5 Å². The average molecular weight is 348 g/mol. The molecule has 4 rings (SSSR count). The lowest BCUT2D eigenvalue weighted by molar-refractivity contribution is -0.116. The first-order valence-corrected chi connectivity index (χ1v) is 8.25. The van der Waals surface area contributed by atoms with E-state index in [-0.39, 0.29) is 24.3 Å². The molecule has 26 heavy (non-hydrogen) atoms. The number of amides is 2. The Morgan fingerprint density at radius 2 is 1.96 bits per heavy atom. The topological polar surface area (TPSA) is 88.4 Å². The van der Waals surface area contributed by atoms with Crippen LogP contribution in [-0.4, -0.2) is 11.8 Å². The molecule has 0 radical (unpaired) electrons. The maximum Gasteiger partial charge on any atom is 0.336 e. The Kier molecular flexibility index (Phi) is 3.80. The third-order valence-electron chi connectivity index (χ3n) is 4.51. The molecule has 1 atom stereocenters. The van der Waals surface area contributed by atoms with Crippen LogP contribution in [0.15, 0.2) is 57.7 Å². The van der Waals surface area contributed by atoms with Crippen LogP contribution in [0.1, 0.15) is 33.9 Å². The molecule has 1 aromatic heterocycles. The molecule has 0 bridgehead atoms. The Morgan fingerprint density at radius 1 is 1.15 bits per heavy atom. The van der Waals surface area contributed by atoms with Crippen LogP contribution in [0.5, 0.6) is 0 Å². The first-order valence-electron chi connectivity index (χ1n) is 8.25. The molecule has 0 spiro atoms. The average Bonchev–Trinajstić information content (AvgIpc) is 2.90. The number of aryl methyl sites for hydroxylation is 1. The van der Waals surface area contributed by atoms with Crippen LogP contribution in [0, 0.1) is 6.92 Å². The molecule has 6 heteroatoms. The highest BCUT2D eigenvalue weighted by Crippen LogP contribution is 2.28. The summed E-state index contributed by atoms with van der Waals surface area (Å²) in [4.78, 5) is 35.9. The van der Waals surface area contributed by atoms with Gasteiger partial charge in [0.15, 0.2) is 0 Å². The second kappa shape index (κ2) is 6.15. The Hall–Kier alpha value is -3.41. The molecule has 0 saturated heterocycles. The summed E-state index contributed by atoms with van der Waals surface area (Å²) in [7, 11) is 0. The molecule has 1 aliphatic rings. The van der Waals surface area contributed by atoms with Crippen molar-refractivity contribution in [2.45, 2.75) is 19.4 Å². The van der Waals surface area contributed by atoms with Crippen molar-refractivity contribution in [3.63, 3.8) is 0 Å². The van der Waals surface area contributed by atoms with E-state index >= 15 is 0 Å². The van der Waals surface area contributed by atoms with E-state index in [1.165, 1.54) is 6.07 Å². The quantitative estimate of drug-likeness (QED) is 0.712. The number of anilines is 1. The number of nitrogens with one attached hydrogen (secondary N) is 2. The minimum absolute atomic E-state index is 0.124. The number of fused-ring (bicyclic) bond motifs is 2. The van der Waals surface area contributed by atoms with Gasteiger partial charge < -0.3 is 15.1 Å². The first kappa shape index (κ1) is 16.1. The van der Waals surface area contributed by atoms with Crippen molar-refractivity contribution < 1.29 is 14.0 Å². The van der Waals surface area contributed by atoms with Crippen molar-refractivity contribution in [1.29, 1.82) is 0 Å². The van der Waals surface area contributed by atoms with Gasteiger partial charge in [-0.1, -0.05) is 18.2 Å². The maximum atomic E-state index is 12.4. The van der Waals surface area contributed by atoms with E-state index in [9.17, 15) is 14.4 Å². The highest BCUT2D eigenvalue weighted by atomic mass is 16.4. The zero-order valence-corrected chi connectivity index (χ0v) is 14.0. The highest BCUT2D eigenvalue weighted by molar-refractivity contribution is 6.01. The van der Waals surface area contributed by atoms with Gasteiger partial charge in [-0.3, -0.25) is 9.59 Å². The van der Waals surface area contributed by atoms with Gasteiger partial charge in [0.1, 0.15) is 5.58 Å². The smallest absolute Gasteiger partial charge is 0.336 e. The maximum absolute atomic E-state index is 12.4. The first-order chi connectivity index (χ1) is 12.5. The molecule has 3 aromatic rings. The molecule has 2 aromatic carbocycles. The van der Waals surface area contributed by atoms with E-state index in [2.05, 4.69) is 10.6 Å². The summed E-state index contributed by atoms with van der Waals surface area (Å²) in [6.45, 7) is 1.83. The molecule has 2 amide bonds. The number of rotatable bonds is 3. The molecule has 0 saturated carbocycles. The zero-order valence-electron chi connectivity index (χ0n) is 14.0. The van der Waals surface area contributed by atoms with Gasteiger partial charge in [0.2, 0.25) is 5.91 Å². The van der Waals surface area contributed by atoms with Crippen LogP contribution in [0.2, 0.25) is 0 Å². The highest BCUT2D eigenvalue weighted by Gasteiger charge is 2.29. The molecule has 0 aliphatic carbocycles. The third-order valence-corrected chi connectivity index (χ3v) is 4.51. The zero-order chi connectivity index (χ0) is 18.3. The largest absolute Gasteiger partial charge is 0.423 e. The predicted molar refractivity (Wildman–Crippen MR) is 97.1 cm³/mol. The van der Waals surface area contributed by atoms with E-state index < -0.39 is 5.63 Å². The van der Waals surface area contributed by atoms with Gasteiger partial charge in [-0.15, -0.1) is 0 Å². The molecule has 6 nitrogen and oxygen atoms in total. The van der Waals surface area contributed by atoms with Gasteiger partial charge in [-0.2, -0.15) is 0 Å². The summed E-state index contributed by atoms with van der Waals surface area (Å²) in [6, 6.07) is 13.5. The predicted octanol–water partition coefficient (Wildman–Crippen LogP) is 2.91. The second-order valence-electron chi connectivity index (χ2n) is 6.32. The van der Waals surface area contributed by atoms with Gasteiger partial charge in [-0.05, 0) is 36.2 Å². The van der Waals surface area contributed by atoms with Gasteiger partial charge in [-0.25, -0.2) is 4.79 Å². The fraction of sp³-hybridized carbons (Fsp3) is 0.150. The lowest BCUT2D eigenvalue weighted by atomic mass is 10.0. The van der Waals surface area contributed by atoms with Gasteiger partial charge in [0, 0.05) is 28.8 Å². The molecular formula is C20H16N2O4. The summed E-state index contributed by atoms with van der Waals surface area (Å²) in [5.74, 6) is -0.400. The molecule has 0 fully saturated rings. The van der Waals surface area contributed by atoms with Crippen molar-refractivity contribution in [2.24, 2.45) is 0 Å². The van der Waals surface area contributed by atoms with Crippen LogP contribution in [0.4, 0.5) is 5.69 Å². The Labute approximate surface area is 148 Å². The fourth-order valence-electron chi connectivity index (χ4n) is 3.28. The monoisotopic (exact) mass is 348 g/mol. The van der Waals surface area contributed by atoms with Crippen molar-refractivity contribution in [3.05, 3.63) is 75.6 Å². The van der Waals surface area contributed by atoms with Gasteiger partial charge >= 0.3 is 5.63 Å². The van der Waals surface area contributed by atoms with Gasteiger partial charge in [0.25, 0.3) is 5.91 Å². The molecule has 2 heterocycles. The molecule has 1 unspecified atom stereocenters. The van der Waals surface area contributed by atoms with E-state index in [1.54, 1.807) is 30.3 Å². The summed E-state index contributed by atoms with van der Waals surface area (Å²) in [6.07, 6.45) is 0.124. The van der Waals surface area contributed by atoms with Crippen molar-refractivity contribution >= 4 is 28.5 Å². The van der Waals surface area contributed by atoms with Crippen molar-refractivity contribution in [3.8, 4) is 0 Å². The van der Waals surface area contributed by atoms with Crippen LogP contribution in [-0.2, 0) is 4.79 Å². The molecule has 2 N–H and O–H groups in total. The number of benzene rings is 2. The number of hydrogen-bond donors (Lipinski definition) is 2. The van der Waals surface area contributed by atoms with Crippen LogP contribution < -0.4 is 16.3 Å². The van der Waals surface area contributed by atoms with E-state index in [1.807, 2.05) is 19.1 Å². The molecule has 130 valence electrons. The minimum Gasteiger partial charge on any atom is -0.423 e. The number of carbonyl (C=O) groups excluding carboxylic acids is 2. The SMILES string of the molecule is Cc1cc(=O)oc2cc(NC(=O)CC3NC(=O)c4ccccc43)ccc12. The Balaban J connectivity index is 1.53. The molecule has 1 aliphatic heterocycles. The van der Waals surface area contributed by atoms with Crippen molar-refractivity contribution in [1.82, 2.24) is 5.32 Å². The Morgan fingerprint density at radius 3 is 2.81 bits per heavy atom. The minimum atomic E-state index is -0.427. The third kappa shape index (κ3) is 2.86. The summed E-state index contributed by atoms with van der Waals surface area (Å²) in [5.41, 5.74) is 2.78. The summed E-state index contributed by atoms with van der Waals surface area (Å²) in [5, 5.41) is 6.43. The van der Waals surface area contributed by atoms with E-state index in [0.29, 0.717) is 16.8 Å². The van der Waals surface area contributed by atoms with E-state index in [0.717, 1.165) is 16.5 Å². The second-order valence-corrected chi connectivity index (χ2v) is 6.32. The number of carbonyl (C=O) groups is 2. The lowest BCUT2D eigenvalue weighted by Crippen LogP contribution is -2.24. The lowest BCUT2D eigenvalue weighted by Gasteiger charge is -2.12. The van der Waals surface area contributed by atoms with Crippen LogP contribution in [0.25, 0.3) is 11.0 Å².